The first-order chi connectivity index (χ1) is 9.33. The van der Waals surface area contributed by atoms with Crippen molar-refractivity contribution in [3.8, 4) is 22.9 Å². The summed E-state index contributed by atoms with van der Waals surface area (Å²) in [4.78, 5) is 4.26. The summed E-state index contributed by atoms with van der Waals surface area (Å²) in [5.74, 6) is 2.21. The number of benzene rings is 2. The number of hydrogen-bond donors (Lipinski definition) is 0. The zero-order valence-corrected chi connectivity index (χ0v) is 10.5. The molecule has 2 aromatic carbocycles. The van der Waals surface area contributed by atoms with Gasteiger partial charge in [-0.25, -0.2) is 4.98 Å². The van der Waals surface area contributed by atoms with E-state index in [4.69, 9.17) is 4.74 Å². The van der Waals surface area contributed by atoms with Gasteiger partial charge < -0.3 is 4.74 Å². The Labute approximate surface area is 111 Å². The summed E-state index contributed by atoms with van der Waals surface area (Å²) >= 11 is 0. The van der Waals surface area contributed by atoms with E-state index in [-0.39, 0.29) is 0 Å². The summed E-state index contributed by atoms with van der Waals surface area (Å²) < 4.78 is 7.56. The van der Waals surface area contributed by atoms with E-state index in [2.05, 4.69) is 10.1 Å². The Kier molecular flexibility index (Phi) is 2.98. The second-order valence-corrected chi connectivity index (χ2v) is 4.15. The van der Waals surface area contributed by atoms with Gasteiger partial charge in [-0.05, 0) is 24.3 Å². The van der Waals surface area contributed by atoms with Crippen LogP contribution in [0.2, 0.25) is 0 Å². The van der Waals surface area contributed by atoms with Gasteiger partial charge in [0.1, 0.15) is 17.8 Å². The van der Waals surface area contributed by atoms with E-state index in [1.54, 1.807) is 11.0 Å². The van der Waals surface area contributed by atoms with Crippen molar-refractivity contribution in [2.24, 2.45) is 7.05 Å². The van der Waals surface area contributed by atoms with Gasteiger partial charge in [-0.1, -0.05) is 30.3 Å². The first-order valence-electron chi connectivity index (χ1n) is 6.01. The average Bonchev–Trinajstić information content (AvgIpc) is 2.87. The van der Waals surface area contributed by atoms with Crippen molar-refractivity contribution in [2.45, 2.75) is 0 Å². The van der Waals surface area contributed by atoms with E-state index in [1.165, 1.54) is 0 Å². The third kappa shape index (κ3) is 2.47. The highest BCUT2D eigenvalue weighted by atomic mass is 16.5. The van der Waals surface area contributed by atoms with Crippen molar-refractivity contribution < 1.29 is 4.74 Å². The molecule has 3 rings (SSSR count). The molecule has 0 aliphatic carbocycles. The van der Waals surface area contributed by atoms with Gasteiger partial charge in [-0.3, -0.25) is 4.68 Å². The van der Waals surface area contributed by atoms with E-state index in [0.29, 0.717) is 5.82 Å². The molecule has 0 atom stereocenters. The fourth-order valence-corrected chi connectivity index (χ4v) is 1.82. The van der Waals surface area contributed by atoms with Gasteiger partial charge in [0, 0.05) is 7.05 Å². The molecule has 0 saturated heterocycles. The van der Waals surface area contributed by atoms with Crippen molar-refractivity contribution in [3.05, 3.63) is 60.9 Å². The Bertz CT molecular complexity index is 677. The van der Waals surface area contributed by atoms with Gasteiger partial charge in [-0.2, -0.15) is 5.10 Å². The van der Waals surface area contributed by atoms with Gasteiger partial charge in [-0.15, -0.1) is 0 Å². The number of hydrogen-bond acceptors (Lipinski definition) is 3. The number of rotatable bonds is 3. The Morgan fingerprint density at radius 2 is 1.68 bits per heavy atom. The van der Waals surface area contributed by atoms with Crippen molar-refractivity contribution in [1.82, 2.24) is 14.8 Å². The molecular formula is C15H13N3O. The Morgan fingerprint density at radius 1 is 0.947 bits per heavy atom. The minimum absolute atomic E-state index is 0.661. The molecule has 0 fully saturated rings. The van der Waals surface area contributed by atoms with Crippen molar-refractivity contribution in [2.75, 3.05) is 0 Å². The topological polar surface area (TPSA) is 39.9 Å². The molecule has 0 unspecified atom stereocenters. The van der Waals surface area contributed by atoms with Gasteiger partial charge in [0.25, 0.3) is 0 Å². The second kappa shape index (κ2) is 4.94. The maximum atomic E-state index is 5.88. The predicted molar refractivity (Wildman–Crippen MR) is 73.0 cm³/mol. The summed E-state index contributed by atoms with van der Waals surface area (Å²) in [5, 5.41) is 4.31. The maximum Gasteiger partial charge on any atom is 0.184 e. The number of para-hydroxylation sites is 2. The van der Waals surface area contributed by atoms with Gasteiger partial charge in [0.05, 0.1) is 5.56 Å². The first kappa shape index (κ1) is 11.5. The van der Waals surface area contributed by atoms with E-state index in [1.807, 2.05) is 61.6 Å². The smallest absolute Gasteiger partial charge is 0.184 e. The molecule has 0 saturated carbocycles. The fraction of sp³-hybridized carbons (Fsp3) is 0.0667. The number of ether oxygens (including phenoxy) is 1. The molecule has 0 aliphatic rings. The Balaban J connectivity index is 1.98. The molecule has 1 aromatic heterocycles. The van der Waals surface area contributed by atoms with E-state index >= 15 is 0 Å². The second-order valence-electron chi connectivity index (χ2n) is 4.15. The number of aromatic nitrogens is 3. The molecule has 19 heavy (non-hydrogen) atoms. The van der Waals surface area contributed by atoms with E-state index in [0.717, 1.165) is 17.1 Å². The summed E-state index contributed by atoms with van der Waals surface area (Å²) in [6.07, 6.45) is 1.68. The maximum absolute atomic E-state index is 5.88. The lowest BCUT2D eigenvalue weighted by molar-refractivity contribution is 0.484. The highest BCUT2D eigenvalue weighted by Gasteiger charge is 2.10. The van der Waals surface area contributed by atoms with Crippen molar-refractivity contribution in [3.63, 3.8) is 0 Å². The monoisotopic (exact) mass is 251 g/mol. The van der Waals surface area contributed by atoms with Crippen LogP contribution in [-0.4, -0.2) is 14.8 Å². The predicted octanol–water partition coefficient (Wildman–Crippen LogP) is 3.27. The van der Waals surface area contributed by atoms with Crippen LogP contribution in [0.25, 0.3) is 11.4 Å². The largest absolute Gasteiger partial charge is 0.457 e. The Morgan fingerprint density at radius 3 is 2.42 bits per heavy atom. The molecule has 4 nitrogen and oxygen atoms in total. The highest BCUT2D eigenvalue weighted by Crippen LogP contribution is 2.30. The average molecular weight is 251 g/mol. The van der Waals surface area contributed by atoms with Gasteiger partial charge >= 0.3 is 0 Å². The Hall–Kier alpha value is -2.62. The number of nitrogens with zero attached hydrogens (tertiary/aromatic N) is 3. The van der Waals surface area contributed by atoms with Crippen LogP contribution in [0.5, 0.6) is 11.5 Å². The highest BCUT2D eigenvalue weighted by molar-refractivity contribution is 5.64. The number of aryl methyl sites for hydroxylation is 1. The minimum Gasteiger partial charge on any atom is -0.457 e. The minimum atomic E-state index is 0.661. The molecule has 0 bridgehead atoms. The zero-order valence-electron chi connectivity index (χ0n) is 10.5. The summed E-state index contributed by atoms with van der Waals surface area (Å²) in [5.41, 5.74) is 0.881. The molecule has 94 valence electrons. The van der Waals surface area contributed by atoms with Crippen molar-refractivity contribution in [1.29, 1.82) is 0 Å². The molecule has 0 amide bonds. The summed E-state index contributed by atoms with van der Waals surface area (Å²) in [6.45, 7) is 0. The van der Waals surface area contributed by atoms with Crippen molar-refractivity contribution >= 4 is 0 Å². The van der Waals surface area contributed by atoms with Crippen LogP contribution in [-0.2, 0) is 7.05 Å². The van der Waals surface area contributed by atoms with Crippen LogP contribution in [0.4, 0.5) is 0 Å². The van der Waals surface area contributed by atoms with Crippen LogP contribution in [0.15, 0.2) is 60.9 Å². The molecule has 3 aromatic rings. The normalized spacial score (nSPS) is 10.4. The van der Waals surface area contributed by atoms with E-state index < -0.39 is 0 Å². The van der Waals surface area contributed by atoms with Crippen LogP contribution in [0, 0.1) is 0 Å². The molecular weight excluding hydrogens is 238 g/mol. The standard InChI is InChI=1S/C15H13N3O/c1-18-11-16-15(17-18)13-9-5-6-10-14(13)19-12-7-3-2-4-8-12/h2-11H,1H3. The lowest BCUT2D eigenvalue weighted by Gasteiger charge is -2.08. The zero-order chi connectivity index (χ0) is 13.1. The van der Waals surface area contributed by atoms with E-state index in [9.17, 15) is 0 Å². The molecule has 0 N–H and O–H groups in total. The molecule has 4 heteroatoms. The SMILES string of the molecule is Cn1cnc(-c2ccccc2Oc2ccccc2)n1. The third-order valence-electron chi connectivity index (χ3n) is 2.70. The van der Waals surface area contributed by atoms with Crippen LogP contribution in [0.3, 0.4) is 0 Å². The third-order valence-corrected chi connectivity index (χ3v) is 2.70. The van der Waals surface area contributed by atoms with Crippen LogP contribution >= 0.6 is 0 Å². The summed E-state index contributed by atoms with van der Waals surface area (Å²) in [7, 11) is 1.84. The van der Waals surface area contributed by atoms with Crippen LogP contribution in [0.1, 0.15) is 0 Å². The molecule has 1 heterocycles. The quantitative estimate of drug-likeness (QED) is 0.717. The first-order valence-corrected chi connectivity index (χ1v) is 6.01. The van der Waals surface area contributed by atoms with Gasteiger partial charge in [0.15, 0.2) is 5.82 Å². The molecule has 0 spiro atoms. The lowest BCUT2D eigenvalue weighted by Crippen LogP contribution is -1.91. The molecule has 0 aliphatic heterocycles. The van der Waals surface area contributed by atoms with Gasteiger partial charge in [0.2, 0.25) is 0 Å². The molecule has 0 radical (unpaired) electrons. The fourth-order valence-electron chi connectivity index (χ4n) is 1.82. The van der Waals surface area contributed by atoms with Crippen LogP contribution < -0.4 is 4.74 Å². The summed E-state index contributed by atoms with van der Waals surface area (Å²) in [6, 6.07) is 17.4. The lowest BCUT2D eigenvalue weighted by atomic mass is 10.2.